The molecule has 0 aromatic carbocycles. The fourth-order valence-electron chi connectivity index (χ4n) is 1.08. The maximum Gasteiger partial charge on any atom is 0.0923 e. The highest BCUT2D eigenvalue weighted by Gasteiger charge is 1.89. The second-order valence-electron chi connectivity index (χ2n) is 3.07. The Morgan fingerprint density at radius 3 is 1.56 bits per heavy atom. The Labute approximate surface area is 93.4 Å². The maximum atomic E-state index is 8.38. The Bertz CT molecular complexity index is 309. The Morgan fingerprint density at radius 1 is 0.875 bits per heavy atom. The average molecular weight is 224 g/mol. The van der Waals surface area contributed by atoms with Crippen LogP contribution < -0.4 is 0 Å². The van der Waals surface area contributed by atoms with Gasteiger partial charge in [0, 0.05) is 38.4 Å². The van der Waals surface area contributed by atoms with E-state index < -0.39 is 0 Å². The topological polar surface area (TPSA) is 97.8 Å². The van der Waals surface area contributed by atoms with Gasteiger partial charge in [-0.2, -0.15) is 0 Å². The van der Waals surface area contributed by atoms with Crippen LogP contribution in [0.15, 0.2) is 25.0 Å². The third kappa shape index (κ3) is 4.72. The summed E-state index contributed by atoms with van der Waals surface area (Å²) in [5.74, 6) is 0. The van der Waals surface area contributed by atoms with Crippen LogP contribution in [0.5, 0.6) is 0 Å². The summed E-state index contributed by atoms with van der Waals surface area (Å²) in [4.78, 5) is 13.4. The molecule has 0 aliphatic heterocycles. The second-order valence-corrected chi connectivity index (χ2v) is 3.07. The standard InChI is InChI=1S/2C5H8N2O/c2*8-2-1-5-3-6-4-7-5/h2*3-4,8H,1-2H2,(H,6,7). The van der Waals surface area contributed by atoms with Crippen LogP contribution >= 0.6 is 0 Å². The molecule has 6 nitrogen and oxygen atoms in total. The summed E-state index contributed by atoms with van der Waals surface area (Å²) in [7, 11) is 0. The maximum absolute atomic E-state index is 8.38. The summed E-state index contributed by atoms with van der Waals surface area (Å²) in [6.07, 6.45) is 8.04. The quantitative estimate of drug-likeness (QED) is 0.582. The van der Waals surface area contributed by atoms with Crippen LogP contribution in [0.2, 0.25) is 0 Å². The molecule has 0 aliphatic rings. The van der Waals surface area contributed by atoms with Crippen molar-refractivity contribution in [2.75, 3.05) is 13.2 Å². The minimum atomic E-state index is 0.171. The van der Waals surface area contributed by atoms with E-state index in [1.54, 1.807) is 25.0 Å². The van der Waals surface area contributed by atoms with Crippen molar-refractivity contribution >= 4 is 0 Å². The SMILES string of the molecule is OCCc1c[nH]cn1.OCCc1c[nH]cn1. The first-order valence-electron chi connectivity index (χ1n) is 5.04. The van der Waals surface area contributed by atoms with E-state index >= 15 is 0 Å². The summed E-state index contributed by atoms with van der Waals surface area (Å²) in [6, 6.07) is 0. The Hall–Kier alpha value is -1.66. The first-order valence-corrected chi connectivity index (χ1v) is 5.04. The molecule has 88 valence electrons. The molecule has 2 rings (SSSR count). The van der Waals surface area contributed by atoms with Crippen molar-refractivity contribution in [2.24, 2.45) is 0 Å². The lowest BCUT2D eigenvalue weighted by Crippen LogP contribution is -1.88. The number of nitrogens with zero attached hydrogens (tertiary/aromatic N) is 2. The van der Waals surface area contributed by atoms with E-state index in [4.69, 9.17) is 10.2 Å². The van der Waals surface area contributed by atoms with Crippen LogP contribution in [0, 0.1) is 0 Å². The van der Waals surface area contributed by atoms with Crippen molar-refractivity contribution < 1.29 is 10.2 Å². The predicted molar refractivity (Wildman–Crippen MR) is 58.8 cm³/mol. The van der Waals surface area contributed by atoms with Gasteiger partial charge in [-0.3, -0.25) is 0 Å². The molecule has 0 amide bonds. The third-order valence-electron chi connectivity index (χ3n) is 1.85. The predicted octanol–water partition coefficient (Wildman–Crippen LogP) is -0.111. The van der Waals surface area contributed by atoms with Gasteiger partial charge in [0.2, 0.25) is 0 Å². The van der Waals surface area contributed by atoms with E-state index in [0.717, 1.165) is 11.4 Å². The molecule has 6 heteroatoms. The number of H-pyrrole nitrogens is 2. The lowest BCUT2D eigenvalue weighted by atomic mass is 10.4. The van der Waals surface area contributed by atoms with E-state index in [-0.39, 0.29) is 13.2 Å². The van der Waals surface area contributed by atoms with Crippen LogP contribution in [-0.2, 0) is 12.8 Å². The zero-order valence-corrected chi connectivity index (χ0v) is 8.93. The number of imidazole rings is 2. The Kier molecular flexibility index (Phi) is 5.90. The van der Waals surface area contributed by atoms with Crippen molar-refractivity contribution in [3.8, 4) is 0 Å². The molecule has 0 saturated carbocycles. The number of nitrogens with one attached hydrogen (secondary N) is 2. The van der Waals surface area contributed by atoms with Gasteiger partial charge in [0.15, 0.2) is 0 Å². The number of rotatable bonds is 4. The summed E-state index contributed by atoms with van der Waals surface area (Å²) < 4.78 is 0. The molecule has 16 heavy (non-hydrogen) atoms. The van der Waals surface area contributed by atoms with E-state index in [1.165, 1.54) is 0 Å². The van der Waals surface area contributed by atoms with Crippen LogP contribution in [-0.4, -0.2) is 43.4 Å². The van der Waals surface area contributed by atoms with Gasteiger partial charge in [0.05, 0.1) is 24.0 Å². The number of aromatic amines is 2. The molecule has 0 atom stereocenters. The lowest BCUT2D eigenvalue weighted by molar-refractivity contribution is 0.298. The van der Waals surface area contributed by atoms with Gasteiger partial charge in [-0.15, -0.1) is 0 Å². The average Bonchev–Trinajstić information content (AvgIpc) is 2.92. The number of aliphatic hydroxyl groups excluding tert-OH is 2. The van der Waals surface area contributed by atoms with Crippen LogP contribution in [0.1, 0.15) is 11.4 Å². The monoisotopic (exact) mass is 224 g/mol. The summed E-state index contributed by atoms with van der Waals surface area (Å²) in [6.45, 7) is 0.343. The van der Waals surface area contributed by atoms with Gasteiger partial charge in [-0.25, -0.2) is 9.97 Å². The Balaban J connectivity index is 0.000000160. The first kappa shape index (κ1) is 12.4. The van der Waals surface area contributed by atoms with Crippen LogP contribution in [0.3, 0.4) is 0 Å². The fraction of sp³-hybridized carbons (Fsp3) is 0.400. The second kappa shape index (κ2) is 7.61. The largest absolute Gasteiger partial charge is 0.396 e. The van der Waals surface area contributed by atoms with Gasteiger partial charge in [0.25, 0.3) is 0 Å². The summed E-state index contributed by atoms with van der Waals surface area (Å²) in [5, 5.41) is 16.8. The van der Waals surface area contributed by atoms with Gasteiger partial charge in [-0.1, -0.05) is 0 Å². The zero-order valence-electron chi connectivity index (χ0n) is 8.93. The molecule has 4 N–H and O–H groups in total. The van der Waals surface area contributed by atoms with E-state index in [2.05, 4.69) is 19.9 Å². The smallest absolute Gasteiger partial charge is 0.0923 e. The zero-order chi connectivity index (χ0) is 11.6. The third-order valence-corrected chi connectivity index (χ3v) is 1.85. The van der Waals surface area contributed by atoms with Gasteiger partial charge >= 0.3 is 0 Å². The molecular formula is C10H16N4O2. The minimum Gasteiger partial charge on any atom is -0.396 e. The molecule has 0 unspecified atom stereocenters. The molecule has 0 aliphatic carbocycles. The molecule has 0 radical (unpaired) electrons. The Morgan fingerprint density at radius 2 is 1.31 bits per heavy atom. The van der Waals surface area contributed by atoms with Crippen molar-refractivity contribution in [3.63, 3.8) is 0 Å². The minimum absolute atomic E-state index is 0.171. The van der Waals surface area contributed by atoms with Crippen molar-refractivity contribution in [3.05, 3.63) is 36.4 Å². The molecule has 2 aromatic heterocycles. The molecular weight excluding hydrogens is 208 g/mol. The van der Waals surface area contributed by atoms with Crippen molar-refractivity contribution in [2.45, 2.75) is 12.8 Å². The van der Waals surface area contributed by atoms with E-state index in [0.29, 0.717) is 12.8 Å². The number of aliphatic hydroxyl groups is 2. The highest BCUT2D eigenvalue weighted by Crippen LogP contribution is 1.89. The van der Waals surface area contributed by atoms with Crippen LogP contribution in [0.4, 0.5) is 0 Å². The van der Waals surface area contributed by atoms with Gasteiger partial charge < -0.3 is 20.2 Å². The van der Waals surface area contributed by atoms with E-state index in [9.17, 15) is 0 Å². The van der Waals surface area contributed by atoms with Crippen molar-refractivity contribution in [1.29, 1.82) is 0 Å². The number of hydrogen-bond acceptors (Lipinski definition) is 4. The number of hydrogen-bond donors (Lipinski definition) is 4. The first-order chi connectivity index (χ1) is 7.86. The molecule has 2 aromatic rings. The number of aromatic nitrogens is 4. The van der Waals surface area contributed by atoms with Gasteiger partial charge in [0.1, 0.15) is 0 Å². The highest BCUT2D eigenvalue weighted by atomic mass is 16.3. The fourth-order valence-corrected chi connectivity index (χ4v) is 1.08. The molecule has 0 bridgehead atoms. The van der Waals surface area contributed by atoms with Gasteiger partial charge in [-0.05, 0) is 0 Å². The molecule has 0 spiro atoms. The normalized spacial score (nSPS) is 9.62. The molecule has 0 fully saturated rings. The summed E-state index contributed by atoms with van der Waals surface area (Å²) in [5.41, 5.74) is 1.82. The molecule has 0 saturated heterocycles. The van der Waals surface area contributed by atoms with E-state index in [1.807, 2.05) is 0 Å². The van der Waals surface area contributed by atoms with Crippen molar-refractivity contribution in [1.82, 2.24) is 19.9 Å². The molecule has 2 heterocycles. The van der Waals surface area contributed by atoms with Crippen LogP contribution in [0.25, 0.3) is 0 Å². The summed E-state index contributed by atoms with van der Waals surface area (Å²) >= 11 is 0. The lowest BCUT2D eigenvalue weighted by Gasteiger charge is -1.84. The highest BCUT2D eigenvalue weighted by molar-refractivity contribution is 4.93.